The lowest BCUT2D eigenvalue weighted by Gasteiger charge is -2.21. The summed E-state index contributed by atoms with van der Waals surface area (Å²) in [6.07, 6.45) is 1.68. The van der Waals surface area contributed by atoms with Crippen molar-refractivity contribution in [3.63, 3.8) is 0 Å². The van der Waals surface area contributed by atoms with Gasteiger partial charge in [-0.05, 0) is 38.1 Å². The Bertz CT molecular complexity index is 386. The fraction of sp³-hybridized carbons (Fsp3) is 0.462. The van der Waals surface area contributed by atoms with Gasteiger partial charge in [0.1, 0.15) is 0 Å². The van der Waals surface area contributed by atoms with Gasteiger partial charge in [-0.2, -0.15) is 0 Å². The van der Waals surface area contributed by atoms with Crippen molar-refractivity contribution in [2.24, 2.45) is 5.92 Å². The van der Waals surface area contributed by atoms with E-state index in [9.17, 15) is 4.79 Å². The molecule has 1 heterocycles. The van der Waals surface area contributed by atoms with Gasteiger partial charge in [-0.1, -0.05) is 12.1 Å². The van der Waals surface area contributed by atoms with E-state index in [1.54, 1.807) is 19.2 Å². The van der Waals surface area contributed by atoms with Crippen molar-refractivity contribution in [2.75, 3.05) is 20.2 Å². The molecule has 1 aliphatic rings. The van der Waals surface area contributed by atoms with Gasteiger partial charge >= 0.3 is 5.97 Å². The number of hydrogen-bond acceptors (Lipinski definition) is 4. The zero-order valence-corrected chi connectivity index (χ0v) is 9.94. The van der Waals surface area contributed by atoms with Crippen molar-refractivity contribution in [1.29, 1.82) is 0 Å². The minimum absolute atomic E-state index is 0.00108. The van der Waals surface area contributed by atoms with Crippen LogP contribution in [-0.4, -0.2) is 26.2 Å². The van der Waals surface area contributed by atoms with Crippen LogP contribution >= 0.6 is 0 Å². The molecule has 1 fully saturated rings. The van der Waals surface area contributed by atoms with Crippen LogP contribution in [0.2, 0.25) is 0 Å². The third kappa shape index (κ3) is 2.97. The van der Waals surface area contributed by atoms with Crippen LogP contribution < -0.4 is 14.8 Å². The van der Waals surface area contributed by atoms with E-state index in [4.69, 9.17) is 9.47 Å². The summed E-state index contributed by atoms with van der Waals surface area (Å²) in [7, 11) is 1.57. The smallest absolute Gasteiger partial charge is 0.314 e. The minimum atomic E-state index is -0.156. The van der Waals surface area contributed by atoms with E-state index in [0.717, 1.165) is 25.9 Å². The van der Waals surface area contributed by atoms with Gasteiger partial charge in [0.05, 0.1) is 13.0 Å². The Morgan fingerprint density at radius 2 is 1.88 bits per heavy atom. The van der Waals surface area contributed by atoms with Gasteiger partial charge in [0, 0.05) is 0 Å². The van der Waals surface area contributed by atoms with E-state index in [2.05, 4.69) is 5.32 Å². The van der Waals surface area contributed by atoms with Crippen LogP contribution in [0.4, 0.5) is 0 Å². The molecule has 0 bridgehead atoms. The predicted molar refractivity (Wildman–Crippen MR) is 64.2 cm³/mol. The number of piperidine rings is 1. The van der Waals surface area contributed by atoms with Crippen molar-refractivity contribution in [3.8, 4) is 11.5 Å². The van der Waals surface area contributed by atoms with Crippen LogP contribution in [0.3, 0.4) is 0 Å². The highest BCUT2D eigenvalue weighted by atomic mass is 16.6. The Morgan fingerprint density at radius 3 is 2.53 bits per heavy atom. The van der Waals surface area contributed by atoms with E-state index in [-0.39, 0.29) is 11.9 Å². The zero-order valence-electron chi connectivity index (χ0n) is 9.94. The van der Waals surface area contributed by atoms with Gasteiger partial charge < -0.3 is 14.8 Å². The number of ether oxygens (including phenoxy) is 2. The molecular weight excluding hydrogens is 218 g/mol. The molecule has 0 amide bonds. The second kappa shape index (κ2) is 5.68. The number of esters is 1. The summed E-state index contributed by atoms with van der Waals surface area (Å²) in [4.78, 5) is 11.9. The molecule has 2 rings (SSSR count). The molecule has 0 radical (unpaired) electrons. The number of rotatable bonds is 3. The monoisotopic (exact) mass is 235 g/mol. The molecule has 17 heavy (non-hydrogen) atoms. The Hall–Kier alpha value is -1.55. The summed E-state index contributed by atoms with van der Waals surface area (Å²) in [5.41, 5.74) is 0. The fourth-order valence-electron chi connectivity index (χ4n) is 1.95. The molecule has 1 aromatic rings. The van der Waals surface area contributed by atoms with Crippen molar-refractivity contribution < 1.29 is 14.3 Å². The molecular formula is C13H17NO3. The predicted octanol–water partition coefficient (Wildman–Crippen LogP) is 1.60. The number of benzene rings is 1. The van der Waals surface area contributed by atoms with Gasteiger partial charge in [0.2, 0.25) is 0 Å². The Morgan fingerprint density at radius 1 is 1.24 bits per heavy atom. The summed E-state index contributed by atoms with van der Waals surface area (Å²) in [5, 5.41) is 3.22. The normalized spacial score (nSPS) is 16.5. The molecule has 0 aromatic heterocycles. The third-order valence-electron chi connectivity index (χ3n) is 2.95. The number of carbonyl (C=O) groups is 1. The summed E-state index contributed by atoms with van der Waals surface area (Å²) in [5.74, 6) is 0.936. The first kappa shape index (κ1) is 11.9. The highest BCUT2D eigenvalue weighted by molar-refractivity contribution is 5.76. The zero-order chi connectivity index (χ0) is 12.1. The molecule has 1 aromatic carbocycles. The van der Waals surface area contributed by atoms with Crippen molar-refractivity contribution in [1.82, 2.24) is 5.32 Å². The number of para-hydroxylation sites is 2. The first-order valence-corrected chi connectivity index (χ1v) is 5.86. The molecule has 0 atom stereocenters. The molecule has 0 aliphatic carbocycles. The molecule has 1 N–H and O–H groups in total. The van der Waals surface area contributed by atoms with E-state index >= 15 is 0 Å². The lowest BCUT2D eigenvalue weighted by Crippen LogP contribution is -2.33. The number of hydrogen-bond donors (Lipinski definition) is 1. The number of carbonyl (C=O) groups excluding carboxylic acids is 1. The molecule has 0 saturated carbocycles. The summed E-state index contributed by atoms with van der Waals surface area (Å²) in [6.45, 7) is 1.76. The number of methoxy groups -OCH3 is 1. The highest BCUT2D eigenvalue weighted by Crippen LogP contribution is 2.27. The van der Waals surface area contributed by atoms with Crippen LogP contribution in [-0.2, 0) is 4.79 Å². The molecule has 4 nitrogen and oxygen atoms in total. The van der Waals surface area contributed by atoms with Gasteiger partial charge in [0.15, 0.2) is 11.5 Å². The minimum Gasteiger partial charge on any atom is -0.493 e. The maximum atomic E-state index is 11.9. The third-order valence-corrected chi connectivity index (χ3v) is 2.95. The average Bonchev–Trinajstić information content (AvgIpc) is 2.40. The second-order valence-electron chi connectivity index (χ2n) is 4.10. The molecule has 0 spiro atoms. The summed E-state index contributed by atoms with van der Waals surface area (Å²) >= 11 is 0. The van der Waals surface area contributed by atoms with Crippen LogP contribution in [0.25, 0.3) is 0 Å². The first-order valence-electron chi connectivity index (χ1n) is 5.86. The fourth-order valence-corrected chi connectivity index (χ4v) is 1.95. The molecule has 92 valence electrons. The lowest BCUT2D eigenvalue weighted by atomic mass is 9.98. The van der Waals surface area contributed by atoms with Gasteiger partial charge in [-0.15, -0.1) is 0 Å². The van der Waals surface area contributed by atoms with Gasteiger partial charge in [0.25, 0.3) is 0 Å². The van der Waals surface area contributed by atoms with Crippen LogP contribution in [0.15, 0.2) is 24.3 Å². The maximum Gasteiger partial charge on any atom is 0.314 e. The summed E-state index contributed by atoms with van der Waals surface area (Å²) in [6, 6.07) is 7.21. The van der Waals surface area contributed by atoms with Crippen LogP contribution in [0, 0.1) is 5.92 Å². The van der Waals surface area contributed by atoms with Crippen LogP contribution in [0.1, 0.15) is 12.8 Å². The molecule has 4 heteroatoms. The second-order valence-corrected chi connectivity index (χ2v) is 4.10. The Balaban J connectivity index is 2.01. The SMILES string of the molecule is COc1ccccc1OC(=O)C1CCNCC1. The Kier molecular flexibility index (Phi) is 3.98. The standard InChI is InChI=1S/C13H17NO3/c1-16-11-4-2-3-5-12(11)17-13(15)10-6-8-14-9-7-10/h2-5,10,14H,6-9H2,1H3. The Labute approximate surface area is 101 Å². The van der Waals surface area contributed by atoms with Crippen molar-refractivity contribution in [2.45, 2.75) is 12.8 Å². The summed E-state index contributed by atoms with van der Waals surface area (Å²) < 4.78 is 10.5. The quantitative estimate of drug-likeness (QED) is 0.638. The molecule has 0 unspecified atom stereocenters. The topological polar surface area (TPSA) is 47.6 Å². The first-order chi connectivity index (χ1) is 8.31. The van der Waals surface area contributed by atoms with Crippen LogP contribution in [0.5, 0.6) is 11.5 Å². The van der Waals surface area contributed by atoms with E-state index in [1.165, 1.54) is 0 Å². The van der Waals surface area contributed by atoms with E-state index in [0.29, 0.717) is 11.5 Å². The lowest BCUT2D eigenvalue weighted by molar-refractivity contribution is -0.139. The van der Waals surface area contributed by atoms with Crippen molar-refractivity contribution >= 4 is 5.97 Å². The average molecular weight is 235 g/mol. The maximum absolute atomic E-state index is 11.9. The highest BCUT2D eigenvalue weighted by Gasteiger charge is 2.23. The van der Waals surface area contributed by atoms with Gasteiger partial charge in [-0.25, -0.2) is 0 Å². The molecule has 1 aliphatic heterocycles. The van der Waals surface area contributed by atoms with Gasteiger partial charge in [-0.3, -0.25) is 4.79 Å². The van der Waals surface area contributed by atoms with E-state index < -0.39 is 0 Å². The molecule has 1 saturated heterocycles. The largest absolute Gasteiger partial charge is 0.493 e. The van der Waals surface area contributed by atoms with E-state index in [1.807, 2.05) is 12.1 Å². The number of nitrogens with one attached hydrogen (secondary N) is 1. The van der Waals surface area contributed by atoms with Crippen molar-refractivity contribution in [3.05, 3.63) is 24.3 Å².